The van der Waals surface area contributed by atoms with Crippen LogP contribution in [-0.4, -0.2) is 46.8 Å². The van der Waals surface area contributed by atoms with Crippen LogP contribution in [0.25, 0.3) is 16.9 Å². The minimum atomic E-state index is -4.40. The first kappa shape index (κ1) is 23.9. The minimum absolute atomic E-state index is 0.191. The third kappa shape index (κ3) is 4.95. The topological polar surface area (TPSA) is 41.4 Å². The lowest BCUT2D eigenvalue weighted by molar-refractivity contribution is -0.137. The van der Waals surface area contributed by atoms with Gasteiger partial charge in [-0.2, -0.15) is 18.3 Å². The molecule has 184 valence electrons. The molecule has 0 aliphatic carbocycles. The molecule has 1 fully saturated rings. The molecule has 5 nitrogen and oxygen atoms in total. The second kappa shape index (κ2) is 9.70. The highest BCUT2D eigenvalue weighted by Gasteiger charge is 2.32. The van der Waals surface area contributed by atoms with E-state index in [2.05, 4.69) is 0 Å². The molecule has 5 rings (SSSR count). The van der Waals surface area contributed by atoms with Gasteiger partial charge in [-0.3, -0.25) is 4.79 Å². The van der Waals surface area contributed by atoms with Crippen LogP contribution in [0.2, 0.25) is 5.02 Å². The lowest BCUT2D eigenvalue weighted by Crippen LogP contribution is -2.49. The maximum atomic E-state index is 13.6. The summed E-state index contributed by atoms with van der Waals surface area (Å²) in [6, 6.07) is 23.7. The van der Waals surface area contributed by atoms with Gasteiger partial charge < -0.3 is 9.80 Å². The second-order valence-corrected chi connectivity index (χ2v) is 8.93. The lowest BCUT2D eigenvalue weighted by Gasteiger charge is -2.36. The standard InChI is InChI=1S/C27H22ClF3N4O/c28-21-9-11-22(12-10-21)35-25(18-24(32-35)19-5-2-1-3-6-19)26(36)34-15-13-33(14-16-34)23-8-4-7-20(17-23)27(29,30)31/h1-12,17-18H,13-16H2. The van der Waals surface area contributed by atoms with E-state index < -0.39 is 11.7 Å². The van der Waals surface area contributed by atoms with Crippen molar-refractivity contribution in [2.75, 3.05) is 31.1 Å². The van der Waals surface area contributed by atoms with Crippen LogP contribution in [0.15, 0.2) is 84.9 Å². The van der Waals surface area contributed by atoms with Crippen LogP contribution in [0.1, 0.15) is 16.1 Å². The molecule has 0 radical (unpaired) electrons. The average molecular weight is 511 g/mol. The summed E-state index contributed by atoms with van der Waals surface area (Å²) in [7, 11) is 0. The molecule has 1 aromatic heterocycles. The Labute approximate surface area is 211 Å². The van der Waals surface area contributed by atoms with Gasteiger partial charge in [-0.15, -0.1) is 0 Å². The number of amides is 1. The smallest absolute Gasteiger partial charge is 0.368 e. The second-order valence-electron chi connectivity index (χ2n) is 8.50. The Kier molecular flexibility index (Phi) is 6.45. The van der Waals surface area contributed by atoms with Crippen LogP contribution in [0.4, 0.5) is 18.9 Å². The number of carbonyl (C=O) groups is 1. The van der Waals surface area contributed by atoms with Gasteiger partial charge in [0, 0.05) is 42.5 Å². The highest BCUT2D eigenvalue weighted by Crippen LogP contribution is 2.32. The highest BCUT2D eigenvalue weighted by molar-refractivity contribution is 6.30. The quantitative estimate of drug-likeness (QED) is 0.329. The molecular weight excluding hydrogens is 489 g/mol. The summed E-state index contributed by atoms with van der Waals surface area (Å²) in [5.41, 5.74) is 2.47. The first-order valence-corrected chi connectivity index (χ1v) is 11.8. The zero-order chi connectivity index (χ0) is 25.3. The number of halogens is 4. The number of benzene rings is 3. The molecule has 0 unspecified atom stereocenters. The molecule has 1 aliphatic rings. The number of aromatic nitrogens is 2. The minimum Gasteiger partial charge on any atom is -0.368 e. The molecule has 9 heteroatoms. The van der Waals surface area contributed by atoms with Crippen molar-refractivity contribution in [1.29, 1.82) is 0 Å². The summed E-state index contributed by atoms with van der Waals surface area (Å²) < 4.78 is 41.0. The van der Waals surface area contributed by atoms with E-state index in [0.29, 0.717) is 54.0 Å². The lowest BCUT2D eigenvalue weighted by atomic mass is 10.1. The van der Waals surface area contributed by atoms with Gasteiger partial charge in [0.05, 0.1) is 16.9 Å². The van der Waals surface area contributed by atoms with Crippen molar-refractivity contribution in [3.05, 3.63) is 101 Å². The SMILES string of the molecule is O=C(c1cc(-c2ccccc2)nn1-c1ccc(Cl)cc1)N1CCN(c2cccc(C(F)(F)F)c2)CC1. The predicted octanol–water partition coefficient (Wildman–Crippen LogP) is 6.17. The van der Waals surface area contributed by atoms with Crippen LogP contribution in [0.3, 0.4) is 0 Å². The zero-order valence-electron chi connectivity index (χ0n) is 19.1. The normalized spacial score (nSPS) is 14.2. The van der Waals surface area contributed by atoms with E-state index in [1.807, 2.05) is 35.2 Å². The van der Waals surface area contributed by atoms with Gasteiger partial charge in [0.25, 0.3) is 5.91 Å². The van der Waals surface area contributed by atoms with Gasteiger partial charge >= 0.3 is 6.18 Å². The number of rotatable bonds is 4. The molecule has 0 atom stereocenters. The van der Waals surface area contributed by atoms with E-state index in [-0.39, 0.29) is 5.91 Å². The van der Waals surface area contributed by atoms with Crippen molar-refractivity contribution in [2.45, 2.75) is 6.18 Å². The largest absolute Gasteiger partial charge is 0.416 e. The number of hydrogen-bond acceptors (Lipinski definition) is 3. The van der Waals surface area contributed by atoms with E-state index in [1.165, 1.54) is 6.07 Å². The molecule has 0 bridgehead atoms. The molecule has 1 saturated heterocycles. The third-order valence-electron chi connectivity index (χ3n) is 6.17. The van der Waals surface area contributed by atoms with Crippen LogP contribution in [-0.2, 0) is 6.18 Å². The maximum Gasteiger partial charge on any atom is 0.416 e. The number of alkyl halides is 3. The van der Waals surface area contributed by atoms with Gasteiger partial charge in [0.2, 0.25) is 0 Å². The fourth-order valence-corrected chi connectivity index (χ4v) is 4.40. The Morgan fingerprint density at radius 2 is 1.50 bits per heavy atom. The summed E-state index contributed by atoms with van der Waals surface area (Å²) >= 11 is 6.05. The van der Waals surface area contributed by atoms with Gasteiger partial charge in [-0.1, -0.05) is 48.0 Å². The number of piperazine rings is 1. The molecule has 0 N–H and O–H groups in total. The number of nitrogens with zero attached hydrogens (tertiary/aromatic N) is 4. The maximum absolute atomic E-state index is 13.6. The number of anilines is 1. The van der Waals surface area contributed by atoms with Crippen molar-refractivity contribution >= 4 is 23.2 Å². The highest BCUT2D eigenvalue weighted by atomic mass is 35.5. The van der Waals surface area contributed by atoms with Crippen LogP contribution >= 0.6 is 11.6 Å². The van der Waals surface area contributed by atoms with Crippen molar-refractivity contribution in [1.82, 2.24) is 14.7 Å². The number of carbonyl (C=O) groups excluding carboxylic acids is 1. The molecule has 1 aliphatic heterocycles. The molecular formula is C27H22ClF3N4O. The van der Waals surface area contributed by atoms with Crippen molar-refractivity contribution in [3.63, 3.8) is 0 Å². The Morgan fingerprint density at radius 1 is 0.806 bits per heavy atom. The summed E-state index contributed by atoms with van der Waals surface area (Å²) in [5.74, 6) is -0.191. The Bertz CT molecular complexity index is 1360. The summed E-state index contributed by atoms with van der Waals surface area (Å²) in [6.45, 7) is 1.60. The average Bonchev–Trinajstić information content (AvgIpc) is 3.34. The molecule has 1 amide bonds. The van der Waals surface area contributed by atoms with Gasteiger partial charge in [-0.25, -0.2) is 4.68 Å². The first-order chi connectivity index (χ1) is 17.3. The van der Waals surface area contributed by atoms with Crippen LogP contribution in [0.5, 0.6) is 0 Å². The Hall–Kier alpha value is -3.78. The molecule has 3 aromatic carbocycles. The molecule has 0 spiro atoms. The van der Waals surface area contributed by atoms with E-state index >= 15 is 0 Å². The monoisotopic (exact) mass is 510 g/mol. The van der Waals surface area contributed by atoms with E-state index in [9.17, 15) is 18.0 Å². The van der Waals surface area contributed by atoms with Crippen LogP contribution < -0.4 is 4.90 Å². The summed E-state index contributed by atoms with van der Waals surface area (Å²) in [4.78, 5) is 17.2. The fourth-order valence-electron chi connectivity index (χ4n) is 4.27. The van der Waals surface area contributed by atoms with Gasteiger partial charge in [-0.05, 0) is 48.5 Å². The summed E-state index contributed by atoms with van der Waals surface area (Å²) in [5, 5.41) is 5.28. The Balaban J connectivity index is 1.39. The van der Waals surface area contributed by atoms with E-state index in [0.717, 1.165) is 17.7 Å². The van der Waals surface area contributed by atoms with Gasteiger partial charge in [0.15, 0.2) is 0 Å². The Morgan fingerprint density at radius 3 is 2.17 bits per heavy atom. The molecule has 4 aromatic rings. The molecule has 36 heavy (non-hydrogen) atoms. The van der Waals surface area contributed by atoms with Crippen molar-refractivity contribution in [2.24, 2.45) is 0 Å². The predicted molar refractivity (Wildman–Crippen MR) is 134 cm³/mol. The molecule has 2 heterocycles. The van der Waals surface area contributed by atoms with Gasteiger partial charge in [0.1, 0.15) is 5.69 Å². The van der Waals surface area contributed by atoms with Crippen LogP contribution in [0, 0.1) is 0 Å². The van der Waals surface area contributed by atoms with Crippen molar-refractivity contribution in [3.8, 4) is 16.9 Å². The first-order valence-electron chi connectivity index (χ1n) is 11.4. The number of hydrogen-bond donors (Lipinski definition) is 0. The fraction of sp³-hybridized carbons (Fsp3) is 0.185. The molecule has 0 saturated carbocycles. The zero-order valence-corrected chi connectivity index (χ0v) is 19.9. The third-order valence-corrected chi connectivity index (χ3v) is 6.43. The summed E-state index contributed by atoms with van der Waals surface area (Å²) in [6.07, 6.45) is -4.40. The van der Waals surface area contributed by atoms with E-state index in [1.54, 1.807) is 46.0 Å². The van der Waals surface area contributed by atoms with Crippen molar-refractivity contribution < 1.29 is 18.0 Å². The van der Waals surface area contributed by atoms with E-state index in [4.69, 9.17) is 16.7 Å².